The first-order valence-corrected chi connectivity index (χ1v) is 10.3. The van der Waals surface area contributed by atoms with E-state index in [2.05, 4.69) is 22.4 Å². The van der Waals surface area contributed by atoms with Crippen molar-refractivity contribution < 1.29 is 14.3 Å². The van der Waals surface area contributed by atoms with Gasteiger partial charge < -0.3 is 14.8 Å². The zero-order valence-corrected chi connectivity index (χ0v) is 17.2. The number of carbonyl (C=O) groups excluding carboxylic acids is 1. The first-order valence-electron chi connectivity index (χ1n) is 9.37. The maximum atomic E-state index is 12.7. The van der Waals surface area contributed by atoms with Crippen molar-refractivity contribution in [3.63, 3.8) is 0 Å². The van der Waals surface area contributed by atoms with Crippen LogP contribution in [0.15, 0.2) is 83.7 Å². The minimum atomic E-state index is -0.216. The van der Waals surface area contributed by atoms with Crippen molar-refractivity contribution in [1.29, 1.82) is 0 Å². The summed E-state index contributed by atoms with van der Waals surface area (Å²) in [6.07, 6.45) is 0. The van der Waals surface area contributed by atoms with Crippen molar-refractivity contribution in [2.24, 2.45) is 0 Å². The minimum Gasteiger partial charge on any atom is -0.493 e. The van der Waals surface area contributed by atoms with Crippen LogP contribution in [0, 0.1) is 0 Å². The lowest BCUT2D eigenvalue weighted by atomic mass is 10.1. The fourth-order valence-electron chi connectivity index (χ4n) is 2.97. The Bertz CT molecular complexity index is 1110. The van der Waals surface area contributed by atoms with Crippen molar-refractivity contribution in [3.8, 4) is 22.6 Å². The van der Waals surface area contributed by atoms with E-state index in [4.69, 9.17) is 9.47 Å². The summed E-state index contributed by atoms with van der Waals surface area (Å²) in [7, 11) is 1.55. The van der Waals surface area contributed by atoms with Crippen LogP contribution in [0.3, 0.4) is 0 Å². The number of ether oxygens (including phenoxy) is 2. The molecule has 0 bridgehead atoms. The van der Waals surface area contributed by atoms with Gasteiger partial charge in [0.2, 0.25) is 0 Å². The summed E-state index contributed by atoms with van der Waals surface area (Å²) in [4.78, 5) is 16.9. The number of amides is 1. The molecule has 0 unspecified atom stereocenters. The third kappa shape index (κ3) is 4.67. The smallest absolute Gasteiger partial charge is 0.255 e. The Morgan fingerprint density at radius 3 is 2.43 bits per heavy atom. The molecule has 30 heavy (non-hydrogen) atoms. The Labute approximate surface area is 178 Å². The molecule has 0 atom stereocenters. The number of aromatic nitrogens is 1. The molecule has 1 aromatic heterocycles. The van der Waals surface area contributed by atoms with Gasteiger partial charge in [-0.3, -0.25) is 4.79 Å². The summed E-state index contributed by atoms with van der Waals surface area (Å²) >= 11 is 1.52. The summed E-state index contributed by atoms with van der Waals surface area (Å²) in [5.74, 6) is 0.846. The molecule has 1 amide bonds. The van der Waals surface area contributed by atoms with E-state index in [1.54, 1.807) is 30.8 Å². The van der Waals surface area contributed by atoms with Crippen molar-refractivity contribution in [2.45, 2.75) is 6.61 Å². The van der Waals surface area contributed by atoms with Gasteiger partial charge in [-0.05, 0) is 41.5 Å². The molecular weight excluding hydrogens is 396 g/mol. The van der Waals surface area contributed by atoms with Crippen molar-refractivity contribution >= 4 is 22.9 Å². The molecule has 6 heteroatoms. The molecule has 0 spiro atoms. The Morgan fingerprint density at radius 1 is 0.967 bits per heavy atom. The first-order chi connectivity index (χ1) is 14.7. The second kappa shape index (κ2) is 9.24. The van der Waals surface area contributed by atoms with E-state index in [1.165, 1.54) is 11.3 Å². The SMILES string of the molecule is COc1cc(C(=O)Nc2ccc(-c3ccccc3)cc2)ccc1OCc1cscn1. The Hall–Kier alpha value is -3.64. The zero-order chi connectivity index (χ0) is 20.8. The average molecular weight is 417 g/mol. The van der Waals surface area contributed by atoms with Gasteiger partial charge in [-0.2, -0.15) is 0 Å². The number of hydrogen-bond acceptors (Lipinski definition) is 5. The Balaban J connectivity index is 1.44. The van der Waals surface area contributed by atoms with E-state index >= 15 is 0 Å². The van der Waals surface area contributed by atoms with Gasteiger partial charge in [0.05, 0.1) is 18.3 Å². The molecule has 1 N–H and O–H groups in total. The maximum absolute atomic E-state index is 12.7. The van der Waals surface area contributed by atoms with Crippen LogP contribution in [0.5, 0.6) is 11.5 Å². The summed E-state index contributed by atoms with van der Waals surface area (Å²) in [6, 6.07) is 23.0. The van der Waals surface area contributed by atoms with Gasteiger partial charge >= 0.3 is 0 Å². The number of nitrogens with one attached hydrogen (secondary N) is 1. The molecule has 1 heterocycles. The minimum absolute atomic E-state index is 0.216. The van der Waals surface area contributed by atoms with E-state index in [1.807, 2.05) is 47.8 Å². The van der Waals surface area contributed by atoms with Gasteiger partial charge in [0.1, 0.15) is 6.61 Å². The summed E-state index contributed by atoms with van der Waals surface area (Å²) in [6.45, 7) is 0.346. The fourth-order valence-corrected chi connectivity index (χ4v) is 3.51. The lowest BCUT2D eigenvalue weighted by molar-refractivity contribution is 0.102. The topological polar surface area (TPSA) is 60.5 Å². The summed E-state index contributed by atoms with van der Waals surface area (Å²) < 4.78 is 11.2. The van der Waals surface area contributed by atoms with E-state index in [-0.39, 0.29) is 5.91 Å². The number of anilines is 1. The maximum Gasteiger partial charge on any atom is 0.255 e. The van der Waals surface area contributed by atoms with Gasteiger partial charge in [0, 0.05) is 16.6 Å². The molecule has 150 valence electrons. The van der Waals surface area contributed by atoms with Gasteiger partial charge in [-0.15, -0.1) is 11.3 Å². The van der Waals surface area contributed by atoms with Gasteiger partial charge in [-0.1, -0.05) is 42.5 Å². The number of carbonyl (C=O) groups is 1. The van der Waals surface area contributed by atoms with E-state index < -0.39 is 0 Å². The molecule has 0 saturated carbocycles. The molecular formula is C24H20N2O3S. The van der Waals surface area contributed by atoms with Crippen LogP contribution in [0.2, 0.25) is 0 Å². The molecule has 0 aliphatic heterocycles. The average Bonchev–Trinajstić information content (AvgIpc) is 3.32. The van der Waals surface area contributed by atoms with E-state index in [9.17, 15) is 4.79 Å². The third-order valence-electron chi connectivity index (χ3n) is 4.53. The van der Waals surface area contributed by atoms with Crippen LogP contribution in [-0.4, -0.2) is 18.0 Å². The quantitative estimate of drug-likeness (QED) is 0.423. The molecule has 3 aromatic carbocycles. The lowest BCUT2D eigenvalue weighted by Crippen LogP contribution is -2.12. The van der Waals surface area contributed by atoms with Crippen molar-refractivity contribution in [3.05, 3.63) is 94.9 Å². The molecule has 0 aliphatic carbocycles. The number of thiazole rings is 1. The highest BCUT2D eigenvalue weighted by molar-refractivity contribution is 7.07. The fraction of sp³-hybridized carbons (Fsp3) is 0.0833. The molecule has 0 aliphatic rings. The number of nitrogens with zero attached hydrogens (tertiary/aromatic N) is 1. The number of rotatable bonds is 7. The van der Waals surface area contributed by atoms with Crippen molar-refractivity contribution in [1.82, 2.24) is 4.98 Å². The molecule has 0 radical (unpaired) electrons. The van der Waals surface area contributed by atoms with Gasteiger partial charge in [0.15, 0.2) is 11.5 Å². The number of methoxy groups -OCH3 is 1. The van der Waals surface area contributed by atoms with Crippen molar-refractivity contribution in [2.75, 3.05) is 12.4 Å². The summed E-state index contributed by atoms with van der Waals surface area (Å²) in [5, 5.41) is 4.85. The van der Waals surface area contributed by atoms with Gasteiger partial charge in [0.25, 0.3) is 5.91 Å². The van der Waals surface area contributed by atoms with Crippen LogP contribution in [0.1, 0.15) is 16.1 Å². The molecule has 5 nitrogen and oxygen atoms in total. The van der Waals surface area contributed by atoms with Crippen LogP contribution in [-0.2, 0) is 6.61 Å². The largest absolute Gasteiger partial charge is 0.493 e. The highest BCUT2D eigenvalue weighted by Gasteiger charge is 2.12. The zero-order valence-electron chi connectivity index (χ0n) is 16.4. The predicted molar refractivity (Wildman–Crippen MR) is 119 cm³/mol. The Morgan fingerprint density at radius 2 is 1.73 bits per heavy atom. The summed E-state index contributed by atoms with van der Waals surface area (Å²) in [5.41, 5.74) is 6.05. The predicted octanol–water partition coefficient (Wildman–Crippen LogP) is 5.65. The first kappa shape index (κ1) is 19.7. The molecule has 4 aromatic rings. The highest BCUT2D eigenvalue weighted by Crippen LogP contribution is 2.29. The lowest BCUT2D eigenvalue weighted by Gasteiger charge is -2.12. The second-order valence-corrected chi connectivity index (χ2v) is 7.25. The molecule has 4 rings (SSSR count). The normalized spacial score (nSPS) is 10.4. The second-order valence-electron chi connectivity index (χ2n) is 6.53. The number of hydrogen-bond donors (Lipinski definition) is 1. The van der Waals surface area contributed by atoms with E-state index in [0.29, 0.717) is 23.7 Å². The monoisotopic (exact) mass is 416 g/mol. The van der Waals surface area contributed by atoms with Crippen LogP contribution in [0.4, 0.5) is 5.69 Å². The Kier molecular flexibility index (Phi) is 6.06. The number of benzene rings is 3. The standard InChI is InChI=1S/C24H20N2O3S/c1-28-23-13-19(9-12-22(23)29-14-21-15-30-16-25-21)24(27)26-20-10-7-18(8-11-20)17-5-3-2-4-6-17/h2-13,15-16H,14H2,1H3,(H,26,27). The van der Waals surface area contributed by atoms with Gasteiger partial charge in [-0.25, -0.2) is 4.98 Å². The van der Waals surface area contributed by atoms with E-state index in [0.717, 1.165) is 22.5 Å². The highest BCUT2D eigenvalue weighted by atomic mass is 32.1. The van der Waals surface area contributed by atoms with Crippen LogP contribution >= 0.6 is 11.3 Å². The third-order valence-corrected chi connectivity index (χ3v) is 5.17. The molecule has 0 saturated heterocycles. The van der Waals surface area contributed by atoms with Crippen LogP contribution in [0.25, 0.3) is 11.1 Å². The van der Waals surface area contributed by atoms with Crippen LogP contribution < -0.4 is 14.8 Å². The molecule has 0 fully saturated rings.